The predicted molar refractivity (Wildman–Crippen MR) is 80.0 cm³/mol. The molecule has 0 aliphatic carbocycles. The van der Waals surface area contributed by atoms with Crippen LogP contribution in [0.2, 0.25) is 0 Å². The zero-order valence-electron chi connectivity index (χ0n) is 11.6. The fraction of sp³-hybridized carbons (Fsp3) is 0.133. The van der Waals surface area contributed by atoms with E-state index in [0.29, 0.717) is 5.69 Å². The number of hydrogen-bond acceptors (Lipinski definition) is 4. The quantitative estimate of drug-likeness (QED) is 0.433. The molecule has 5 N–H and O–H groups in total. The van der Waals surface area contributed by atoms with Gasteiger partial charge in [0.2, 0.25) is 0 Å². The molecule has 0 aliphatic rings. The van der Waals surface area contributed by atoms with E-state index >= 15 is 0 Å². The number of carbonyl (C=O) groups excluding carboxylic acids is 1. The number of rotatable bonds is 2. The molecule has 0 aromatic heterocycles. The Labute approximate surface area is 121 Å². The molecule has 21 heavy (non-hydrogen) atoms. The summed E-state index contributed by atoms with van der Waals surface area (Å²) in [5.74, 6) is -1.66. The fourth-order valence-electron chi connectivity index (χ4n) is 1.96. The van der Waals surface area contributed by atoms with Gasteiger partial charge in [-0.05, 0) is 25.0 Å². The number of amides is 2. The third-order valence-electron chi connectivity index (χ3n) is 3.05. The van der Waals surface area contributed by atoms with E-state index in [2.05, 4.69) is 10.6 Å². The zero-order chi connectivity index (χ0) is 15.6. The SMILES string of the molecule is Cc1cccc(C)c1NC(=O)Nc1cc(O)c(O)c(O)c1. The van der Waals surface area contributed by atoms with Crippen molar-refractivity contribution in [1.29, 1.82) is 0 Å². The van der Waals surface area contributed by atoms with Crippen molar-refractivity contribution in [2.24, 2.45) is 0 Å². The van der Waals surface area contributed by atoms with Gasteiger partial charge in [-0.3, -0.25) is 0 Å². The maximum absolute atomic E-state index is 11.9. The summed E-state index contributed by atoms with van der Waals surface area (Å²) in [7, 11) is 0. The van der Waals surface area contributed by atoms with Gasteiger partial charge in [0.25, 0.3) is 0 Å². The third kappa shape index (κ3) is 3.17. The number of hydrogen-bond donors (Lipinski definition) is 5. The number of benzene rings is 2. The van der Waals surface area contributed by atoms with Crippen LogP contribution in [0.1, 0.15) is 11.1 Å². The molecule has 0 bridgehead atoms. The lowest BCUT2D eigenvalue weighted by atomic mass is 10.1. The molecular formula is C15H16N2O4. The summed E-state index contributed by atoms with van der Waals surface area (Å²) in [5, 5.41) is 33.2. The largest absolute Gasteiger partial charge is 0.504 e. The first-order valence-electron chi connectivity index (χ1n) is 6.27. The van der Waals surface area contributed by atoms with Crippen molar-refractivity contribution < 1.29 is 20.1 Å². The number of aryl methyl sites for hydroxylation is 2. The Kier molecular flexibility index (Phi) is 3.89. The standard InChI is InChI=1S/C15H16N2O4/c1-8-4-3-5-9(2)13(8)17-15(21)16-10-6-11(18)14(20)12(19)7-10/h3-7,18-20H,1-2H3,(H2,16,17,21). The maximum atomic E-state index is 11.9. The van der Waals surface area contributed by atoms with E-state index in [0.717, 1.165) is 23.3 Å². The molecule has 110 valence electrons. The highest BCUT2D eigenvalue weighted by atomic mass is 16.3. The van der Waals surface area contributed by atoms with Gasteiger partial charge in [-0.2, -0.15) is 0 Å². The molecule has 0 fully saturated rings. The Balaban J connectivity index is 2.16. The summed E-state index contributed by atoms with van der Waals surface area (Å²) in [6.45, 7) is 3.75. The average molecular weight is 288 g/mol. The Bertz CT molecular complexity index is 655. The van der Waals surface area contributed by atoms with Crippen molar-refractivity contribution in [3.05, 3.63) is 41.5 Å². The Morgan fingerprint density at radius 1 is 0.952 bits per heavy atom. The summed E-state index contributed by atoms with van der Waals surface area (Å²) in [5.41, 5.74) is 2.69. The van der Waals surface area contributed by atoms with E-state index in [-0.39, 0.29) is 5.69 Å². The van der Waals surface area contributed by atoms with Crippen molar-refractivity contribution in [1.82, 2.24) is 0 Å². The second-order valence-electron chi connectivity index (χ2n) is 4.71. The van der Waals surface area contributed by atoms with E-state index in [1.54, 1.807) is 0 Å². The number of nitrogens with one attached hydrogen (secondary N) is 2. The highest BCUT2D eigenvalue weighted by Gasteiger charge is 2.11. The number of phenols is 3. The first-order valence-corrected chi connectivity index (χ1v) is 6.27. The summed E-state index contributed by atoms with van der Waals surface area (Å²) in [6, 6.07) is 7.40. The van der Waals surface area contributed by atoms with Gasteiger partial charge in [-0.1, -0.05) is 18.2 Å². The van der Waals surface area contributed by atoms with Gasteiger partial charge in [-0.25, -0.2) is 4.79 Å². The summed E-state index contributed by atoms with van der Waals surface area (Å²) in [4.78, 5) is 11.9. The Hall–Kier alpha value is -2.89. The predicted octanol–water partition coefficient (Wildman–Crippen LogP) is 3.06. The first-order chi connectivity index (χ1) is 9.88. The van der Waals surface area contributed by atoms with Crippen LogP contribution in [-0.4, -0.2) is 21.4 Å². The highest BCUT2D eigenvalue weighted by molar-refractivity contribution is 6.01. The van der Waals surface area contributed by atoms with Gasteiger partial charge in [0.15, 0.2) is 17.2 Å². The van der Waals surface area contributed by atoms with Crippen molar-refractivity contribution in [3.63, 3.8) is 0 Å². The van der Waals surface area contributed by atoms with Crippen LogP contribution in [0.4, 0.5) is 16.2 Å². The zero-order valence-corrected chi connectivity index (χ0v) is 11.6. The molecular weight excluding hydrogens is 272 g/mol. The fourth-order valence-corrected chi connectivity index (χ4v) is 1.96. The third-order valence-corrected chi connectivity index (χ3v) is 3.05. The van der Waals surface area contributed by atoms with Gasteiger partial charge in [0, 0.05) is 17.8 Å². The Morgan fingerprint density at radius 3 is 2.00 bits per heavy atom. The van der Waals surface area contributed by atoms with Crippen LogP contribution in [0.5, 0.6) is 17.2 Å². The molecule has 6 heteroatoms. The van der Waals surface area contributed by atoms with Gasteiger partial charge in [0.05, 0.1) is 5.69 Å². The van der Waals surface area contributed by atoms with Crippen molar-refractivity contribution in [2.75, 3.05) is 10.6 Å². The highest BCUT2D eigenvalue weighted by Crippen LogP contribution is 2.37. The van der Waals surface area contributed by atoms with Crippen molar-refractivity contribution >= 4 is 17.4 Å². The van der Waals surface area contributed by atoms with E-state index in [4.69, 9.17) is 0 Å². The smallest absolute Gasteiger partial charge is 0.323 e. The number of urea groups is 1. The minimum Gasteiger partial charge on any atom is -0.504 e. The molecule has 0 saturated heterocycles. The summed E-state index contributed by atoms with van der Waals surface area (Å²) < 4.78 is 0. The molecule has 0 unspecified atom stereocenters. The van der Waals surface area contributed by atoms with Crippen LogP contribution < -0.4 is 10.6 Å². The summed E-state index contributed by atoms with van der Waals surface area (Å²) >= 11 is 0. The van der Waals surface area contributed by atoms with Crippen LogP contribution in [0.25, 0.3) is 0 Å². The molecule has 0 saturated carbocycles. The van der Waals surface area contributed by atoms with Crippen molar-refractivity contribution in [2.45, 2.75) is 13.8 Å². The topological polar surface area (TPSA) is 102 Å². The number of anilines is 2. The number of aromatic hydroxyl groups is 3. The van der Waals surface area contributed by atoms with E-state index in [9.17, 15) is 20.1 Å². The molecule has 6 nitrogen and oxygen atoms in total. The lowest BCUT2D eigenvalue weighted by molar-refractivity contribution is 0.262. The summed E-state index contributed by atoms with van der Waals surface area (Å²) in [6.07, 6.45) is 0. The van der Waals surface area contributed by atoms with Crippen LogP contribution in [0.3, 0.4) is 0 Å². The van der Waals surface area contributed by atoms with Crippen LogP contribution in [-0.2, 0) is 0 Å². The first kappa shape index (κ1) is 14.5. The van der Waals surface area contributed by atoms with Crippen LogP contribution >= 0.6 is 0 Å². The molecule has 2 rings (SSSR count). The molecule has 0 heterocycles. The number of phenolic OH excluding ortho intramolecular Hbond substituents is 3. The molecule has 2 amide bonds. The van der Waals surface area contributed by atoms with Gasteiger partial charge < -0.3 is 26.0 Å². The van der Waals surface area contributed by atoms with E-state index in [1.807, 2.05) is 32.0 Å². The molecule has 0 atom stereocenters. The molecule has 2 aromatic carbocycles. The molecule has 0 aliphatic heterocycles. The second kappa shape index (κ2) is 5.62. The minimum atomic E-state index is -0.629. The molecule has 2 aromatic rings. The maximum Gasteiger partial charge on any atom is 0.323 e. The van der Waals surface area contributed by atoms with Gasteiger partial charge in [0.1, 0.15) is 0 Å². The number of para-hydroxylation sites is 1. The van der Waals surface area contributed by atoms with Crippen molar-refractivity contribution in [3.8, 4) is 17.2 Å². The normalized spacial score (nSPS) is 10.2. The lowest BCUT2D eigenvalue weighted by Gasteiger charge is -2.13. The van der Waals surface area contributed by atoms with Gasteiger partial charge >= 0.3 is 6.03 Å². The van der Waals surface area contributed by atoms with E-state index in [1.165, 1.54) is 0 Å². The van der Waals surface area contributed by atoms with Crippen LogP contribution in [0.15, 0.2) is 30.3 Å². The van der Waals surface area contributed by atoms with E-state index < -0.39 is 23.3 Å². The number of carbonyl (C=O) groups is 1. The minimum absolute atomic E-state index is 0.159. The molecule has 0 spiro atoms. The van der Waals surface area contributed by atoms with Crippen LogP contribution in [0, 0.1) is 13.8 Å². The second-order valence-corrected chi connectivity index (χ2v) is 4.71. The van der Waals surface area contributed by atoms with Gasteiger partial charge in [-0.15, -0.1) is 0 Å². The lowest BCUT2D eigenvalue weighted by Crippen LogP contribution is -2.20. The average Bonchev–Trinajstić information content (AvgIpc) is 2.40. The monoisotopic (exact) mass is 288 g/mol. The Morgan fingerprint density at radius 2 is 1.48 bits per heavy atom. The molecule has 0 radical (unpaired) electrons.